The van der Waals surface area contributed by atoms with Crippen molar-refractivity contribution >= 4 is 17.7 Å². The van der Waals surface area contributed by atoms with E-state index in [1.807, 2.05) is 6.07 Å². The van der Waals surface area contributed by atoms with Crippen molar-refractivity contribution < 1.29 is 14.4 Å². The highest BCUT2D eigenvalue weighted by Gasteiger charge is 2.08. The second-order valence-electron chi connectivity index (χ2n) is 3.72. The smallest absolute Gasteiger partial charge is 0.274 e. The third-order valence-electron chi connectivity index (χ3n) is 2.36. The standard InChI is InChI=1S/C15H13NO3/c17-15(16(18)13-7-2-1-3-8-13)11-5-4-9-14-10-6-12-19-14/h1-12,18H. The minimum atomic E-state index is -0.518. The molecule has 96 valence electrons. The summed E-state index contributed by atoms with van der Waals surface area (Å²) in [4.78, 5) is 11.6. The lowest BCUT2D eigenvalue weighted by Crippen LogP contribution is -2.24. The van der Waals surface area contributed by atoms with Gasteiger partial charge in [0.15, 0.2) is 0 Å². The average Bonchev–Trinajstić information content (AvgIpc) is 2.96. The number of amides is 1. The first-order valence-electron chi connectivity index (χ1n) is 5.73. The van der Waals surface area contributed by atoms with Gasteiger partial charge in [-0.15, -0.1) is 0 Å². The Labute approximate surface area is 110 Å². The van der Waals surface area contributed by atoms with Crippen LogP contribution in [0, 0.1) is 0 Å². The molecule has 0 radical (unpaired) electrons. The predicted octanol–water partition coefficient (Wildman–Crippen LogP) is 3.27. The molecule has 0 bridgehead atoms. The number of allylic oxidation sites excluding steroid dienone is 2. The third kappa shape index (κ3) is 3.69. The number of nitrogens with zero attached hydrogens (tertiary/aromatic N) is 1. The minimum absolute atomic E-state index is 0.423. The highest BCUT2D eigenvalue weighted by Crippen LogP contribution is 2.11. The van der Waals surface area contributed by atoms with Crippen molar-refractivity contribution in [3.05, 3.63) is 72.7 Å². The maximum atomic E-state index is 11.6. The zero-order chi connectivity index (χ0) is 13.5. The summed E-state index contributed by atoms with van der Waals surface area (Å²) in [6.45, 7) is 0. The van der Waals surface area contributed by atoms with Crippen molar-refractivity contribution in [3.8, 4) is 0 Å². The summed E-state index contributed by atoms with van der Waals surface area (Å²) in [6.07, 6.45) is 7.76. The molecule has 0 atom stereocenters. The SMILES string of the molecule is O=C(C=CC=Cc1ccco1)N(O)c1ccccc1. The first-order valence-corrected chi connectivity index (χ1v) is 5.73. The Bertz CT molecular complexity index is 571. The molecule has 4 nitrogen and oxygen atoms in total. The lowest BCUT2D eigenvalue weighted by molar-refractivity contribution is -0.118. The molecule has 1 amide bonds. The molecule has 0 fully saturated rings. The van der Waals surface area contributed by atoms with E-state index in [9.17, 15) is 10.0 Å². The van der Waals surface area contributed by atoms with Crippen molar-refractivity contribution in [2.24, 2.45) is 0 Å². The van der Waals surface area contributed by atoms with Gasteiger partial charge in [0, 0.05) is 6.08 Å². The molecule has 19 heavy (non-hydrogen) atoms. The van der Waals surface area contributed by atoms with Crippen molar-refractivity contribution in [1.29, 1.82) is 0 Å². The second kappa shape index (κ2) is 6.37. The van der Waals surface area contributed by atoms with Gasteiger partial charge in [0.1, 0.15) is 5.76 Å². The van der Waals surface area contributed by atoms with Crippen LogP contribution in [0.1, 0.15) is 5.76 Å². The molecule has 4 heteroatoms. The quantitative estimate of drug-likeness (QED) is 0.395. The van der Waals surface area contributed by atoms with Gasteiger partial charge in [-0.05, 0) is 30.3 Å². The fraction of sp³-hybridized carbons (Fsp3) is 0. The van der Waals surface area contributed by atoms with E-state index in [1.165, 1.54) is 12.2 Å². The van der Waals surface area contributed by atoms with E-state index in [-0.39, 0.29) is 0 Å². The van der Waals surface area contributed by atoms with Crippen molar-refractivity contribution in [2.75, 3.05) is 5.06 Å². The molecule has 0 saturated carbocycles. The number of furan rings is 1. The minimum Gasteiger partial charge on any atom is -0.465 e. The Kier molecular flexibility index (Phi) is 4.31. The van der Waals surface area contributed by atoms with E-state index in [1.54, 1.807) is 54.8 Å². The summed E-state index contributed by atoms with van der Waals surface area (Å²) in [7, 11) is 0. The van der Waals surface area contributed by atoms with Gasteiger partial charge in [-0.2, -0.15) is 5.06 Å². The summed E-state index contributed by atoms with van der Waals surface area (Å²) in [5.41, 5.74) is 0.423. The van der Waals surface area contributed by atoms with Gasteiger partial charge in [-0.1, -0.05) is 30.4 Å². The van der Waals surface area contributed by atoms with Crippen LogP contribution in [0.15, 0.2) is 71.4 Å². The number of hydroxylamine groups is 1. The van der Waals surface area contributed by atoms with Crippen molar-refractivity contribution in [3.63, 3.8) is 0 Å². The lowest BCUT2D eigenvalue weighted by atomic mass is 10.3. The Morgan fingerprint density at radius 1 is 1.11 bits per heavy atom. The summed E-state index contributed by atoms with van der Waals surface area (Å²) in [6, 6.07) is 12.2. The Hall–Kier alpha value is -2.59. The van der Waals surface area contributed by atoms with Crippen molar-refractivity contribution in [2.45, 2.75) is 0 Å². The number of para-hydroxylation sites is 1. The first-order chi connectivity index (χ1) is 9.27. The molecule has 2 rings (SSSR count). The number of rotatable bonds is 4. The van der Waals surface area contributed by atoms with E-state index in [4.69, 9.17) is 4.42 Å². The Morgan fingerprint density at radius 2 is 1.89 bits per heavy atom. The van der Waals surface area contributed by atoms with Gasteiger partial charge in [-0.25, -0.2) is 0 Å². The van der Waals surface area contributed by atoms with Crippen LogP contribution >= 0.6 is 0 Å². The summed E-state index contributed by atoms with van der Waals surface area (Å²) in [5, 5.41) is 10.3. The molecule has 0 aliphatic rings. The summed E-state index contributed by atoms with van der Waals surface area (Å²) < 4.78 is 5.09. The van der Waals surface area contributed by atoms with Crippen molar-refractivity contribution in [1.82, 2.24) is 0 Å². The number of carbonyl (C=O) groups is 1. The fourth-order valence-corrected chi connectivity index (χ4v) is 1.44. The van der Waals surface area contributed by atoms with E-state index in [0.717, 1.165) is 0 Å². The molecule has 0 unspecified atom stereocenters. The van der Waals surface area contributed by atoms with Crippen LogP contribution < -0.4 is 5.06 Å². The molecule has 0 aliphatic heterocycles. The average molecular weight is 255 g/mol. The van der Waals surface area contributed by atoms with Gasteiger partial charge in [-0.3, -0.25) is 10.0 Å². The molecule has 0 saturated heterocycles. The van der Waals surface area contributed by atoms with Crippen LogP contribution in [0.2, 0.25) is 0 Å². The number of hydrogen-bond donors (Lipinski definition) is 1. The van der Waals surface area contributed by atoms with E-state index < -0.39 is 5.91 Å². The van der Waals surface area contributed by atoms with Crippen LogP contribution in [0.4, 0.5) is 5.69 Å². The zero-order valence-electron chi connectivity index (χ0n) is 10.1. The fourth-order valence-electron chi connectivity index (χ4n) is 1.44. The molecule has 1 aromatic heterocycles. The van der Waals surface area contributed by atoms with Gasteiger partial charge in [0.25, 0.3) is 5.91 Å². The van der Waals surface area contributed by atoms with Crippen LogP contribution in [0.5, 0.6) is 0 Å². The normalized spacial score (nSPS) is 11.2. The molecule has 1 aromatic carbocycles. The summed E-state index contributed by atoms with van der Waals surface area (Å²) in [5.74, 6) is 0.177. The first kappa shape index (κ1) is 12.9. The highest BCUT2D eigenvalue weighted by molar-refractivity contribution is 5.99. The predicted molar refractivity (Wildman–Crippen MR) is 72.6 cm³/mol. The Morgan fingerprint density at radius 3 is 2.58 bits per heavy atom. The van der Waals surface area contributed by atoms with E-state index in [0.29, 0.717) is 16.5 Å². The van der Waals surface area contributed by atoms with Gasteiger partial charge in [0.05, 0.1) is 12.0 Å². The maximum absolute atomic E-state index is 11.6. The number of benzene rings is 1. The van der Waals surface area contributed by atoms with Crippen LogP contribution in [-0.2, 0) is 4.79 Å². The molecule has 0 spiro atoms. The number of carbonyl (C=O) groups excluding carboxylic acids is 1. The Balaban J connectivity index is 1.94. The number of anilines is 1. The lowest BCUT2D eigenvalue weighted by Gasteiger charge is -2.11. The molecular formula is C15H13NO3. The van der Waals surface area contributed by atoms with Gasteiger partial charge < -0.3 is 4.42 Å². The van der Waals surface area contributed by atoms with E-state index >= 15 is 0 Å². The molecule has 1 N–H and O–H groups in total. The topological polar surface area (TPSA) is 53.7 Å². The van der Waals surface area contributed by atoms with Gasteiger partial charge >= 0.3 is 0 Å². The van der Waals surface area contributed by atoms with Crippen LogP contribution in [0.25, 0.3) is 6.08 Å². The molecule has 1 heterocycles. The number of hydrogen-bond acceptors (Lipinski definition) is 3. The monoisotopic (exact) mass is 255 g/mol. The van der Waals surface area contributed by atoms with E-state index in [2.05, 4.69) is 0 Å². The maximum Gasteiger partial charge on any atom is 0.274 e. The molecule has 2 aromatic rings. The van der Waals surface area contributed by atoms with Crippen LogP contribution in [-0.4, -0.2) is 11.1 Å². The molecular weight excluding hydrogens is 242 g/mol. The third-order valence-corrected chi connectivity index (χ3v) is 2.36. The molecule has 0 aliphatic carbocycles. The highest BCUT2D eigenvalue weighted by atomic mass is 16.5. The largest absolute Gasteiger partial charge is 0.465 e. The zero-order valence-corrected chi connectivity index (χ0v) is 10.1. The van der Waals surface area contributed by atoms with Gasteiger partial charge in [0.2, 0.25) is 0 Å². The second-order valence-corrected chi connectivity index (χ2v) is 3.72. The summed E-state index contributed by atoms with van der Waals surface area (Å²) >= 11 is 0. The van der Waals surface area contributed by atoms with Crippen LogP contribution in [0.3, 0.4) is 0 Å².